The molecule has 0 aliphatic heterocycles. The fourth-order valence-corrected chi connectivity index (χ4v) is 3.48. The number of anilines is 1. The van der Waals surface area contributed by atoms with Gasteiger partial charge in [0.25, 0.3) is 0 Å². The third-order valence-corrected chi connectivity index (χ3v) is 4.76. The smallest absolute Gasteiger partial charge is 0.242 e. The number of rotatable bonds is 6. The highest BCUT2D eigenvalue weighted by molar-refractivity contribution is 7.17. The quantitative estimate of drug-likeness (QED) is 0.709. The van der Waals surface area contributed by atoms with Crippen molar-refractivity contribution in [2.45, 2.75) is 19.9 Å². The van der Waals surface area contributed by atoms with Gasteiger partial charge in [-0.3, -0.25) is 4.79 Å². The predicted octanol–water partition coefficient (Wildman–Crippen LogP) is 3.30. The number of thiophene rings is 1. The molecular formula is C18H20N4O2S. The van der Waals surface area contributed by atoms with Crippen LogP contribution in [0.1, 0.15) is 13.8 Å². The van der Waals surface area contributed by atoms with Crippen LogP contribution in [0.3, 0.4) is 0 Å². The second kappa shape index (κ2) is 7.48. The summed E-state index contributed by atoms with van der Waals surface area (Å²) in [5, 5.41) is 9.00. The number of hydrogen-bond donors (Lipinski definition) is 2. The number of fused-ring (bicyclic) bond motifs is 1. The molecule has 2 heterocycles. The number of benzene rings is 1. The fraction of sp³-hybridized carbons (Fsp3) is 0.278. The standard InChI is InChI=1S/C18H20N4O2S/c1-4-19-17(23)11(2)22-16-15-14(9-25-18(15)21-10-20-16)12-5-7-13(24-3)8-6-12/h5-11H,4H2,1-3H3,(H,19,23)(H,20,21,22)/t11-/m0/s1. The Morgan fingerprint density at radius 1 is 1.28 bits per heavy atom. The minimum absolute atomic E-state index is 0.0597. The van der Waals surface area contributed by atoms with Crippen LogP contribution in [-0.2, 0) is 4.79 Å². The molecule has 0 radical (unpaired) electrons. The normalized spacial score (nSPS) is 12.0. The van der Waals surface area contributed by atoms with Crippen LogP contribution in [-0.4, -0.2) is 35.6 Å². The van der Waals surface area contributed by atoms with Crippen molar-refractivity contribution in [1.82, 2.24) is 15.3 Å². The molecule has 1 aromatic carbocycles. The molecule has 2 N–H and O–H groups in total. The number of nitrogens with one attached hydrogen (secondary N) is 2. The molecule has 1 amide bonds. The predicted molar refractivity (Wildman–Crippen MR) is 101 cm³/mol. The minimum Gasteiger partial charge on any atom is -0.497 e. The van der Waals surface area contributed by atoms with Crippen molar-refractivity contribution >= 4 is 33.3 Å². The van der Waals surface area contributed by atoms with Gasteiger partial charge in [-0.1, -0.05) is 12.1 Å². The Hall–Kier alpha value is -2.67. The van der Waals surface area contributed by atoms with E-state index >= 15 is 0 Å². The van der Waals surface area contributed by atoms with E-state index in [-0.39, 0.29) is 11.9 Å². The van der Waals surface area contributed by atoms with Gasteiger partial charge in [-0.05, 0) is 31.5 Å². The van der Waals surface area contributed by atoms with E-state index in [0.717, 1.165) is 27.1 Å². The second-order valence-electron chi connectivity index (χ2n) is 5.54. The van der Waals surface area contributed by atoms with Crippen LogP contribution >= 0.6 is 11.3 Å². The van der Waals surface area contributed by atoms with E-state index in [1.54, 1.807) is 18.4 Å². The van der Waals surface area contributed by atoms with E-state index < -0.39 is 0 Å². The summed E-state index contributed by atoms with van der Waals surface area (Å²) in [6.45, 7) is 4.31. The third-order valence-electron chi connectivity index (χ3n) is 3.87. The summed E-state index contributed by atoms with van der Waals surface area (Å²) in [5.74, 6) is 1.41. The van der Waals surface area contributed by atoms with Gasteiger partial charge in [0.15, 0.2) is 0 Å². The molecule has 1 atom stereocenters. The highest BCUT2D eigenvalue weighted by Crippen LogP contribution is 2.37. The van der Waals surface area contributed by atoms with Crippen LogP contribution in [0.25, 0.3) is 21.3 Å². The van der Waals surface area contributed by atoms with Gasteiger partial charge >= 0.3 is 0 Å². The molecule has 130 valence electrons. The first-order valence-corrected chi connectivity index (χ1v) is 8.92. The molecule has 0 saturated heterocycles. The van der Waals surface area contributed by atoms with Crippen molar-refractivity contribution in [3.05, 3.63) is 36.0 Å². The molecule has 3 aromatic rings. The zero-order valence-corrected chi connectivity index (χ0v) is 15.2. The largest absolute Gasteiger partial charge is 0.497 e. The van der Waals surface area contributed by atoms with Crippen molar-refractivity contribution in [1.29, 1.82) is 0 Å². The maximum atomic E-state index is 12.0. The summed E-state index contributed by atoms with van der Waals surface area (Å²) in [5.41, 5.74) is 2.09. The van der Waals surface area contributed by atoms with Crippen LogP contribution in [0, 0.1) is 0 Å². The van der Waals surface area contributed by atoms with Crippen molar-refractivity contribution in [3.8, 4) is 16.9 Å². The number of aromatic nitrogens is 2. The molecule has 0 unspecified atom stereocenters. The van der Waals surface area contributed by atoms with Gasteiger partial charge in [0, 0.05) is 17.5 Å². The zero-order chi connectivity index (χ0) is 17.8. The topological polar surface area (TPSA) is 76.1 Å². The molecular weight excluding hydrogens is 336 g/mol. The van der Waals surface area contributed by atoms with E-state index in [0.29, 0.717) is 12.4 Å². The third kappa shape index (κ3) is 3.56. The van der Waals surface area contributed by atoms with Gasteiger partial charge < -0.3 is 15.4 Å². The van der Waals surface area contributed by atoms with Crippen LogP contribution < -0.4 is 15.4 Å². The maximum Gasteiger partial charge on any atom is 0.242 e. The van der Waals surface area contributed by atoms with E-state index in [4.69, 9.17) is 4.74 Å². The first-order valence-electron chi connectivity index (χ1n) is 8.05. The molecule has 2 aromatic heterocycles. The summed E-state index contributed by atoms with van der Waals surface area (Å²) in [6, 6.07) is 7.47. The molecule has 0 aliphatic rings. The lowest BCUT2D eigenvalue weighted by atomic mass is 10.1. The number of nitrogens with zero attached hydrogens (tertiary/aromatic N) is 2. The average Bonchev–Trinajstić information content (AvgIpc) is 3.07. The Bertz CT molecular complexity index is 876. The van der Waals surface area contributed by atoms with Crippen molar-refractivity contribution in [2.75, 3.05) is 19.0 Å². The zero-order valence-electron chi connectivity index (χ0n) is 14.4. The first-order chi connectivity index (χ1) is 12.1. The highest BCUT2D eigenvalue weighted by Gasteiger charge is 2.17. The number of hydrogen-bond acceptors (Lipinski definition) is 6. The molecule has 0 aliphatic carbocycles. The van der Waals surface area contributed by atoms with Gasteiger partial charge in [0.2, 0.25) is 5.91 Å². The number of carbonyl (C=O) groups excluding carboxylic acids is 1. The monoisotopic (exact) mass is 356 g/mol. The molecule has 3 rings (SSSR count). The van der Waals surface area contributed by atoms with Crippen LogP contribution in [0.15, 0.2) is 36.0 Å². The first kappa shape index (κ1) is 17.2. The molecule has 6 nitrogen and oxygen atoms in total. The highest BCUT2D eigenvalue weighted by atomic mass is 32.1. The van der Waals surface area contributed by atoms with Gasteiger partial charge in [-0.2, -0.15) is 0 Å². The van der Waals surface area contributed by atoms with Crippen molar-refractivity contribution in [3.63, 3.8) is 0 Å². The summed E-state index contributed by atoms with van der Waals surface area (Å²) in [6.07, 6.45) is 1.52. The minimum atomic E-state index is -0.387. The summed E-state index contributed by atoms with van der Waals surface area (Å²) in [7, 11) is 1.65. The fourth-order valence-electron chi connectivity index (χ4n) is 2.57. The summed E-state index contributed by atoms with van der Waals surface area (Å²) >= 11 is 1.56. The number of ether oxygens (including phenoxy) is 1. The van der Waals surface area contributed by atoms with Crippen LogP contribution in [0.5, 0.6) is 5.75 Å². The Morgan fingerprint density at radius 3 is 2.72 bits per heavy atom. The molecule has 0 spiro atoms. The number of carbonyl (C=O) groups is 1. The van der Waals surface area contributed by atoms with Gasteiger partial charge in [0.05, 0.1) is 12.5 Å². The van der Waals surface area contributed by atoms with E-state index in [1.807, 2.05) is 38.1 Å². The van der Waals surface area contributed by atoms with Crippen LogP contribution in [0.4, 0.5) is 5.82 Å². The van der Waals surface area contributed by atoms with Gasteiger partial charge in [0.1, 0.15) is 28.8 Å². The average molecular weight is 356 g/mol. The summed E-state index contributed by atoms with van der Waals surface area (Å²) < 4.78 is 5.22. The lowest BCUT2D eigenvalue weighted by Crippen LogP contribution is -2.37. The Labute approximate surface area is 150 Å². The molecule has 7 heteroatoms. The Kier molecular flexibility index (Phi) is 5.14. The summed E-state index contributed by atoms with van der Waals surface area (Å²) in [4.78, 5) is 21.6. The Balaban J connectivity index is 1.99. The molecule has 0 saturated carbocycles. The lowest BCUT2D eigenvalue weighted by Gasteiger charge is -2.15. The van der Waals surface area contributed by atoms with Crippen LogP contribution in [0.2, 0.25) is 0 Å². The van der Waals surface area contributed by atoms with E-state index in [9.17, 15) is 4.79 Å². The second-order valence-corrected chi connectivity index (χ2v) is 6.40. The number of likely N-dealkylation sites (N-methyl/N-ethyl adjacent to an activating group) is 1. The SMILES string of the molecule is CCNC(=O)[C@H](C)Nc1ncnc2scc(-c3ccc(OC)cc3)c12. The van der Waals surface area contributed by atoms with Crippen molar-refractivity contribution < 1.29 is 9.53 Å². The Morgan fingerprint density at radius 2 is 2.04 bits per heavy atom. The lowest BCUT2D eigenvalue weighted by molar-refractivity contribution is -0.121. The van der Waals surface area contributed by atoms with Gasteiger partial charge in [-0.25, -0.2) is 9.97 Å². The maximum absolute atomic E-state index is 12.0. The molecule has 0 bridgehead atoms. The molecule has 25 heavy (non-hydrogen) atoms. The van der Waals surface area contributed by atoms with E-state index in [2.05, 4.69) is 26.0 Å². The van der Waals surface area contributed by atoms with Gasteiger partial charge in [-0.15, -0.1) is 11.3 Å². The van der Waals surface area contributed by atoms with E-state index in [1.165, 1.54) is 6.33 Å². The number of methoxy groups -OCH3 is 1. The number of amides is 1. The molecule has 0 fully saturated rings. The van der Waals surface area contributed by atoms with Crippen molar-refractivity contribution in [2.24, 2.45) is 0 Å².